The number of H-pyrrole nitrogens is 1. The lowest BCUT2D eigenvalue weighted by molar-refractivity contribution is -0.115. The smallest absolute Gasteiger partial charge is 0.228 e. The minimum absolute atomic E-state index is 0.0687. The SMILES string of the molecule is Cc1ccc(Nc2ccc(NC(=O)Cc3c[nH]c4ccccc34)cn2)cc1. The van der Waals surface area contributed by atoms with Crippen molar-refractivity contribution in [2.45, 2.75) is 13.3 Å². The second kappa shape index (κ2) is 7.33. The third-order valence-corrected chi connectivity index (χ3v) is 4.40. The van der Waals surface area contributed by atoms with Gasteiger partial charge in [0.2, 0.25) is 5.91 Å². The first kappa shape index (κ1) is 16.8. The van der Waals surface area contributed by atoms with Gasteiger partial charge in [-0.3, -0.25) is 4.79 Å². The number of nitrogens with zero attached hydrogens (tertiary/aromatic N) is 1. The van der Waals surface area contributed by atoms with Crippen molar-refractivity contribution in [1.82, 2.24) is 9.97 Å². The number of aryl methyl sites for hydroxylation is 1. The molecule has 4 aromatic rings. The Bertz CT molecular complexity index is 1070. The number of hydrogen-bond donors (Lipinski definition) is 3. The number of aromatic nitrogens is 2. The topological polar surface area (TPSA) is 69.8 Å². The molecule has 0 aliphatic heterocycles. The van der Waals surface area contributed by atoms with E-state index in [1.54, 1.807) is 6.20 Å². The van der Waals surface area contributed by atoms with Crippen molar-refractivity contribution in [2.24, 2.45) is 0 Å². The van der Waals surface area contributed by atoms with Gasteiger partial charge in [-0.05, 0) is 42.8 Å². The second-order valence-electron chi connectivity index (χ2n) is 6.51. The van der Waals surface area contributed by atoms with Gasteiger partial charge in [0.1, 0.15) is 5.82 Å². The van der Waals surface area contributed by atoms with Crippen LogP contribution >= 0.6 is 0 Å². The van der Waals surface area contributed by atoms with Crippen LogP contribution in [0.25, 0.3) is 10.9 Å². The van der Waals surface area contributed by atoms with Crippen LogP contribution in [-0.4, -0.2) is 15.9 Å². The number of anilines is 3. The molecule has 3 N–H and O–H groups in total. The molecule has 0 saturated carbocycles. The zero-order valence-corrected chi connectivity index (χ0v) is 15.0. The zero-order valence-electron chi connectivity index (χ0n) is 15.0. The summed E-state index contributed by atoms with van der Waals surface area (Å²) in [7, 11) is 0. The van der Waals surface area contributed by atoms with E-state index in [4.69, 9.17) is 0 Å². The Hall–Kier alpha value is -3.60. The number of para-hydroxylation sites is 1. The number of carbonyl (C=O) groups is 1. The summed E-state index contributed by atoms with van der Waals surface area (Å²) in [6.07, 6.45) is 3.86. The van der Waals surface area contributed by atoms with Crippen LogP contribution < -0.4 is 10.6 Å². The van der Waals surface area contributed by atoms with E-state index in [1.165, 1.54) is 5.56 Å². The van der Waals surface area contributed by atoms with Crippen LogP contribution in [0, 0.1) is 6.92 Å². The van der Waals surface area contributed by atoms with Crippen LogP contribution in [-0.2, 0) is 11.2 Å². The zero-order chi connectivity index (χ0) is 18.6. The molecule has 0 unspecified atom stereocenters. The Morgan fingerprint density at radius 1 is 1.00 bits per heavy atom. The molecule has 0 saturated heterocycles. The molecule has 2 aromatic heterocycles. The van der Waals surface area contributed by atoms with Crippen LogP contribution in [0.3, 0.4) is 0 Å². The molecule has 134 valence electrons. The first-order valence-corrected chi connectivity index (χ1v) is 8.82. The maximum atomic E-state index is 12.4. The number of rotatable bonds is 5. The first-order valence-electron chi connectivity index (χ1n) is 8.82. The highest BCUT2D eigenvalue weighted by molar-refractivity contribution is 5.95. The lowest BCUT2D eigenvalue weighted by atomic mass is 10.1. The van der Waals surface area contributed by atoms with Gasteiger partial charge in [-0.15, -0.1) is 0 Å². The summed E-state index contributed by atoms with van der Waals surface area (Å²) in [5.74, 6) is 0.661. The van der Waals surface area contributed by atoms with Crippen LogP contribution in [0.1, 0.15) is 11.1 Å². The largest absolute Gasteiger partial charge is 0.361 e. The number of carbonyl (C=O) groups excluding carboxylic acids is 1. The van der Waals surface area contributed by atoms with Crippen molar-refractivity contribution < 1.29 is 4.79 Å². The number of hydrogen-bond acceptors (Lipinski definition) is 3. The van der Waals surface area contributed by atoms with E-state index in [-0.39, 0.29) is 5.91 Å². The lowest BCUT2D eigenvalue weighted by Crippen LogP contribution is -2.14. The van der Waals surface area contributed by atoms with Crippen molar-refractivity contribution >= 4 is 34.0 Å². The van der Waals surface area contributed by atoms with Crippen LogP contribution in [0.4, 0.5) is 17.2 Å². The molecule has 5 heteroatoms. The predicted molar refractivity (Wildman–Crippen MR) is 109 cm³/mol. The van der Waals surface area contributed by atoms with E-state index in [1.807, 2.05) is 66.9 Å². The molecule has 0 bridgehead atoms. The molecule has 4 rings (SSSR count). The van der Waals surface area contributed by atoms with Crippen molar-refractivity contribution in [1.29, 1.82) is 0 Å². The molecule has 2 heterocycles. The fraction of sp³-hybridized carbons (Fsp3) is 0.0909. The molecular weight excluding hydrogens is 336 g/mol. The van der Waals surface area contributed by atoms with Crippen LogP contribution in [0.15, 0.2) is 73.1 Å². The van der Waals surface area contributed by atoms with Gasteiger partial charge in [0, 0.05) is 22.8 Å². The molecule has 27 heavy (non-hydrogen) atoms. The average Bonchev–Trinajstić information content (AvgIpc) is 3.08. The third-order valence-electron chi connectivity index (χ3n) is 4.40. The van der Waals surface area contributed by atoms with E-state index in [2.05, 4.69) is 27.5 Å². The fourth-order valence-corrected chi connectivity index (χ4v) is 2.98. The minimum Gasteiger partial charge on any atom is -0.361 e. The average molecular weight is 356 g/mol. The number of fused-ring (bicyclic) bond motifs is 1. The Labute approximate surface area is 157 Å². The quantitative estimate of drug-likeness (QED) is 0.481. The van der Waals surface area contributed by atoms with Gasteiger partial charge in [0.05, 0.1) is 18.3 Å². The number of pyridine rings is 1. The molecule has 0 spiro atoms. The van der Waals surface area contributed by atoms with Crippen molar-refractivity contribution in [3.63, 3.8) is 0 Å². The van der Waals surface area contributed by atoms with Gasteiger partial charge < -0.3 is 15.6 Å². The lowest BCUT2D eigenvalue weighted by Gasteiger charge is -2.08. The maximum Gasteiger partial charge on any atom is 0.228 e. The predicted octanol–water partition coefficient (Wildman–Crippen LogP) is 4.80. The molecule has 0 atom stereocenters. The number of nitrogens with one attached hydrogen (secondary N) is 3. The number of benzene rings is 2. The highest BCUT2D eigenvalue weighted by Crippen LogP contribution is 2.19. The summed E-state index contributed by atoms with van der Waals surface area (Å²) in [6, 6.07) is 19.8. The Balaban J connectivity index is 1.39. The molecule has 5 nitrogen and oxygen atoms in total. The first-order chi connectivity index (χ1) is 13.2. The Morgan fingerprint density at radius 2 is 1.78 bits per heavy atom. The number of amides is 1. The summed E-state index contributed by atoms with van der Waals surface area (Å²) in [6.45, 7) is 2.05. The Kier molecular flexibility index (Phi) is 4.58. The summed E-state index contributed by atoms with van der Waals surface area (Å²) in [5, 5.41) is 7.21. The summed E-state index contributed by atoms with van der Waals surface area (Å²) < 4.78 is 0. The molecule has 1 amide bonds. The van der Waals surface area contributed by atoms with E-state index in [0.29, 0.717) is 12.1 Å². The molecule has 2 aromatic carbocycles. The molecule has 0 aliphatic carbocycles. The molecular formula is C22H20N4O. The van der Waals surface area contributed by atoms with Crippen molar-refractivity contribution in [2.75, 3.05) is 10.6 Å². The normalized spacial score (nSPS) is 10.7. The van der Waals surface area contributed by atoms with E-state index < -0.39 is 0 Å². The van der Waals surface area contributed by atoms with Crippen molar-refractivity contribution in [3.05, 3.63) is 84.2 Å². The van der Waals surface area contributed by atoms with Crippen LogP contribution in [0.2, 0.25) is 0 Å². The van der Waals surface area contributed by atoms with Gasteiger partial charge in [-0.1, -0.05) is 35.9 Å². The highest BCUT2D eigenvalue weighted by atomic mass is 16.1. The molecule has 0 fully saturated rings. The van der Waals surface area contributed by atoms with Gasteiger partial charge >= 0.3 is 0 Å². The fourth-order valence-electron chi connectivity index (χ4n) is 2.98. The summed E-state index contributed by atoms with van der Waals surface area (Å²) >= 11 is 0. The van der Waals surface area contributed by atoms with E-state index in [0.717, 1.165) is 28.0 Å². The standard InChI is InChI=1S/C22H20N4O/c1-15-6-8-17(9-7-15)25-21-11-10-18(14-24-21)26-22(27)12-16-13-23-20-5-3-2-4-19(16)20/h2-11,13-14,23H,12H2,1H3,(H,24,25)(H,26,27). The monoisotopic (exact) mass is 356 g/mol. The maximum absolute atomic E-state index is 12.4. The molecule has 0 aliphatic rings. The summed E-state index contributed by atoms with van der Waals surface area (Å²) in [4.78, 5) is 19.9. The number of aromatic amines is 1. The van der Waals surface area contributed by atoms with Gasteiger partial charge in [0.25, 0.3) is 0 Å². The van der Waals surface area contributed by atoms with Gasteiger partial charge in [0.15, 0.2) is 0 Å². The molecule has 0 radical (unpaired) electrons. The third kappa shape index (κ3) is 3.98. The van der Waals surface area contributed by atoms with Crippen LogP contribution in [0.5, 0.6) is 0 Å². The summed E-state index contributed by atoms with van der Waals surface area (Å²) in [5.41, 5.74) is 4.88. The van der Waals surface area contributed by atoms with Crippen molar-refractivity contribution in [3.8, 4) is 0 Å². The second-order valence-corrected chi connectivity index (χ2v) is 6.51. The van der Waals surface area contributed by atoms with Gasteiger partial charge in [-0.2, -0.15) is 0 Å². The minimum atomic E-state index is -0.0687. The highest BCUT2D eigenvalue weighted by Gasteiger charge is 2.09. The Morgan fingerprint density at radius 3 is 2.56 bits per heavy atom. The van der Waals surface area contributed by atoms with Gasteiger partial charge in [-0.25, -0.2) is 4.98 Å². The van der Waals surface area contributed by atoms with E-state index >= 15 is 0 Å². The van der Waals surface area contributed by atoms with E-state index in [9.17, 15) is 4.79 Å².